The van der Waals surface area contributed by atoms with Crippen molar-refractivity contribution < 1.29 is 4.79 Å². The van der Waals surface area contributed by atoms with Gasteiger partial charge in [-0.05, 0) is 29.7 Å². The van der Waals surface area contributed by atoms with Crippen molar-refractivity contribution in [2.75, 3.05) is 0 Å². The van der Waals surface area contributed by atoms with Gasteiger partial charge in [0.2, 0.25) is 0 Å². The molecule has 2 aromatic carbocycles. The van der Waals surface area contributed by atoms with Crippen LogP contribution in [0.4, 0.5) is 0 Å². The molecule has 0 aliphatic rings. The predicted octanol–water partition coefficient (Wildman–Crippen LogP) is 4.60. The minimum Gasteiger partial charge on any atom is -0.294 e. The lowest BCUT2D eigenvalue weighted by Crippen LogP contribution is -2.01. The van der Waals surface area contributed by atoms with Crippen LogP contribution in [-0.4, -0.2) is 5.78 Å². The van der Waals surface area contributed by atoms with Crippen LogP contribution in [0.3, 0.4) is 0 Å². The fourth-order valence-electron chi connectivity index (χ4n) is 2.17. The number of carbonyl (C=O) groups is 1. The van der Waals surface area contributed by atoms with Crippen molar-refractivity contribution in [3.63, 3.8) is 0 Å². The number of benzene rings is 2. The summed E-state index contributed by atoms with van der Waals surface area (Å²) in [6.45, 7) is 2.08. The number of ketones is 1. The van der Waals surface area contributed by atoms with Crippen molar-refractivity contribution in [2.45, 2.75) is 26.2 Å². The number of nitrogens with zero attached hydrogens (tertiary/aromatic N) is 1. The highest BCUT2D eigenvalue weighted by Crippen LogP contribution is 2.25. The van der Waals surface area contributed by atoms with Crippen LogP contribution in [0, 0.1) is 11.3 Å². The van der Waals surface area contributed by atoms with Crippen LogP contribution in [0.5, 0.6) is 0 Å². The van der Waals surface area contributed by atoms with E-state index in [1.54, 1.807) is 12.1 Å². The largest absolute Gasteiger partial charge is 0.294 e. The second-order valence-electron chi connectivity index (χ2n) is 4.76. The van der Waals surface area contributed by atoms with Gasteiger partial charge in [-0.2, -0.15) is 5.26 Å². The molecule has 2 aromatic rings. The van der Waals surface area contributed by atoms with Crippen molar-refractivity contribution in [1.82, 2.24) is 0 Å². The molecule has 0 N–H and O–H groups in total. The van der Waals surface area contributed by atoms with E-state index in [9.17, 15) is 4.79 Å². The Bertz CT molecular complexity index is 635. The summed E-state index contributed by atoms with van der Waals surface area (Å²) in [5.41, 5.74) is 3.32. The van der Waals surface area contributed by atoms with Crippen LogP contribution in [0.15, 0.2) is 48.5 Å². The fraction of sp³-hybridized carbons (Fsp3) is 0.222. The van der Waals surface area contributed by atoms with Crippen LogP contribution in [0.25, 0.3) is 11.1 Å². The zero-order chi connectivity index (χ0) is 14.4. The zero-order valence-corrected chi connectivity index (χ0v) is 11.6. The van der Waals surface area contributed by atoms with Gasteiger partial charge in [0, 0.05) is 12.0 Å². The molecule has 0 unspecified atom stereocenters. The Hall–Kier alpha value is -2.40. The molecule has 0 aliphatic carbocycles. The molecule has 100 valence electrons. The van der Waals surface area contributed by atoms with Gasteiger partial charge in [-0.1, -0.05) is 49.7 Å². The van der Waals surface area contributed by atoms with Gasteiger partial charge in [0.15, 0.2) is 5.78 Å². The van der Waals surface area contributed by atoms with Crippen molar-refractivity contribution in [2.24, 2.45) is 0 Å². The van der Waals surface area contributed by atoms with Crippen LogP contribution < -0.4 is 0 Å². The van der Waals surface area contributed by atoms with Gasteiger partial charge in [-0.25, -0.2) is 0 Å². The summed E-state index contributed by atoms with van der Waals surface area (Å²) >= 11 is 0. The van der Waals surface area contributed by atoms with Gasteiger partial charge in [0.25, 0.3) is 0 Å². The second kappa shape index (κ2) is 6.68. The number of rotatable bonds is 5. The summed E-state index contributed by atoms with van der Waals surface area (Å²) in [5.74, 6) is 0.187. The van der Waals surface area contributed by atoms with E-state index in [1.807, 2.05) is 36.4 Å². The summed E-state index contributed by atoms with van der Waals surface area (Å²) in [5, 5.41) is 8.83. The zero-order valence-electron chi connectivity index (χ0n) is 11.6. The first-order chi connectivity index (χ1) is 9.76. The summed E-state index contributed by atoms with van der Waals surface area (Å²) in [6, 6.07) is 17.1. The molecule has 2 nitrogen and oxygen atoms in total. The van der Waals surface area contributed by atoms with Gasteiger partial charge in [0.05, 0.1) is 11.6 Å². The number of Topliss-reactive ketones (excluding diaryl/α,β-unsaturated/α-hetero) is 1. The first-order valence-electron chi connectivity index (χ1n) is 6.89. The molecule has 2 rings (SSSR count). The normalized spacial score (nSPS) is 10.0. The summed E-state index contributed by atoms with van der Waals surface area (Å²) in [6.07, 6.45) is 2.52. The lowest BCUT2D eigenvalue weighted by molar-refractivity contribution is 0.0980. The number of hydrogen-bond acceptors (Lipinski definition) is 2. The molecule has 0 amide bonds. The Kier molecular flexibility index (Phi) is 4.68. The number of hydrogen-bond donors (Lipinski definition) is 0. The fourth-order valence-corrected chi connectivity index (χ4v) is 2.17. The van der Waals surface area contributed by atoms with Gasteiger partial charge < -0.3 is 0 Å². The molecule has 20 heavy (non-hydrogen) atoms. The first kappa shape index (κ1) is 14.0. The Labute approximate surface area is 119 Å². The van der Waals surface area contributed by atoms with Gasteiger partial charge in [0.1, 0.15) is 0 Å². The molecule has 0 saturated carbocycles. The third kappa shape index (κ3) is 3.13. The highest BCUT2D eigenvalue weighted by atomic mass is 16.1. The SMILES string of the molecule is CCCCC(=O)c1ccccc1-c1ccc(C#N)cc1. The molecular weight excluding hydrogens is 246 g/mol. The third-order valence-corrected chi connectivity index (χ3v) is 3.31. The molecule has 2 heteroatoms. The second-order valence-corrected chi connectivity index (χ2v) is 4.76. The lowest BCUT2D eigenvalue weighted by Gasteiger charge is -2.08. The Morgan fingerprint density at radius 1 is 1.10 bits per heavy atom. The van der Waals surface area contributed by atoms with E-state index in [-0.39, 0.29) is 5.78 Å². The van der Waals surface area contributed by atoms with E-state index in [0.717, 1.165) is 29.5 Å². The van der Waals surface area contributed by atoms with E-state index in [4.69, 9.17) is 5.26 Å². The quantitative estimate of drug-likeness (QED) is 0.740. The molecule has 0 aliphatic heterocycles. The third-order valence-electron chi connectivity index (χ3n) is 3.31. The van der Waals surface area contributed by atoms with Gasteiger partial charge in [-0.15, -0.1) is 0 Å². The molecule has 0 aromatic heterocycles. The lowest BCUT2D eigenvalue weighted by atomic mass is 9.94. The standard InChI is InChI=1S/C18H17NO/c1-2-3-8-18(20)17-7-5-4-6-16(17)15-11-9-14(13-19)10-12-15/h4-7,9-12H,2-3,8H2,1H3. The van der Waals surface area contributed by atoms with Gasteiger partial charge in [-0.3, -0.25) is 4.79 Å². The molecule has 0 radical (unpaired) electrons. The number of nitriles is 1. The monoisotopic (exact) mass is 263 g/mol. The topological polar surface area (TPSA) is 40.9 Å². The highest BCUT2D eigenvalue weighted by Gasteiger charge is 2.11. The first-order valence-corrected chi connectivity index (χ1v) is 6.89. The molecule has 0 saturated heterocycles. The Balaban J connectivity index is 2.36. The summed E-state index contributed by atoms with van der Waals surface area (Å²) in [4.78, 5) is 12.3. The average Bonchev–Trinajstić information content (AvgIpc) is 2.52. The maximum Gasteiger partial charge on any atom is 0.163 e. The summed E-state index contributed by atoms with van der Waals surface area (Å²) in [7, 11) is 0. The number of carbonyl (C=O) groups excluding carboxylic acids is 1. The van der Waals surface area contributed by atoms with Crippen molar-refractivity contribution in [3.05, 3.63) is 59.7 Å². The van der Waals surface area contributed by atoms with E-state index in [2.05, 4.69) is 13.0 Å². The van der Waals surface area contributed by atoms with E-state index < -0.39 is 0 Å². The van der Waals surface area contributed by atoms with Crippen molar-refractivity contribution in [1.29, 1.82) is 5.26 Å². The van der Waals surface area contributed by atoms with Crippen LogP contribution in [-0.2, 0) is 0 Å². The van der Waals surface area contributed by atoms with Crippen LogP contribution in [0.1, 0.15) is 42.1 Å². The molecule has 0 fully saturated rings. The Morgan fingerprint density at radius 3 is 2.45 bits per heavy atom. The maximum atomic E-state index is 12.3. The smallest absolute Gasteiger partial charge is 0.163 e. The Morgan fingerprint density at radius 2 is 1.80 bits per heavy atom. The van der Waals surface area contributed by atoms with E-state index >= 15 is 0 Å². The molecule has 0 spiro atoms. The minimum atomic E-state index is 0.187. The molecule has 0 heterocycles. The highest BCUT2D eigenvalue weighted by molar-refractivity contribution is 6.02. The maximum absolute atomic E-state index is 12.3. The molecular formula is C18H17NO. The predicted molar refractivity (Wildman–Crippen MR) is 80.4 cm³/mol. The molecule has 0 atom stereocenters. The van der Waals surface area contributed by atoms with Crippen LogP contribution in [0.2, 0.25) is 0 Å². The van der Waals surface area contributed by atoms with Crippen molar-refractivity contribution >= 4 is 5.78 Å². The van der Waals surface area contributed by atoms with Crippen molar-refractivity contribution in [3.8, 4) is 17.2 Å². The van der Waals surface area contributed by atoms with E-state index in [1.165, 1.54) is 0 Å². The van der Waals surface area contributed by atoms with Gasteiger partial charge >= 0.3 is 0 Å². The van der Waals surface area contributed by atoms with Crippen LogP contribution >= 0.6 is 0 Å². The minimum absolute atomic E-state index is 0.187. The molecule has 0 bridgehead atoms. The average molecular weight is 263 g/mol. The van der Waals surface area contributed by atoms with E-state index in [0.29, 0.717) is 12.0 Å². The summed E-state index contributed by atoms with van der Waals surface area (Å²) < 4.78 is 0. The number of unbranched alkanes of at least 4 members (excludes halogenated alkanes) is 1.